The molecule has 31 heavy (non-hydrogen) atoms. The molecule has 1 aliphatic rings. The summed E-state index contributed by atoms with van der Waals surface area (Å²) in [4.78, 5) is 24.6. The van der Waals surface area contributed by atoms with Crippen LogP contribution in [-0.2, 0) is 9.53 Å². The summed E-state index contributed by atoms with van der Waals surface area (Å²) in [7, 11) is 1.48. The van der Waals surface area contributed by atoms with Crippen LogP contribution in [0.1, 0.15) is 30.1 Å². The number of hydrogen-bond acceptors (Lipinski definition) is 6. The Labute approximate surface area is 181 Å². The van der Waals surface area contributed by atoms with E-state index in [2.05, 4.69) is 10.6 Å². The molecule has 1 atom stereocenters. The maximum absolute atomic E-state index is 12.4. The average molecular weight is 428 g/mol. The molecule has 0 aliphatic carbocycles. The Morgan fingerprint density at radius 1 is 1.10 bits per heavy atom. The van der Waals surface area contributed by atoms with Crippen molar-refractivity contribution in [2.45, 2.75) is 25.9 Å². The smallest absolute Gasteiger partial charge is 0.262 e. The van der Waals surface area contributed by atoms with Crippen LogP contribution < -0.4 is 24.8 Å². The molecular weight excluding hydrogens is 400 g/mol. The predicted molar refractivity (Wildman–Crippen MR) is 116 cm³/mol. The summed E-state index contributed by atoms with van der Waals surface area (Å²) in [5.41, 5.74) is 1.09. The summed E-state index contributed by atoms with van der Waals surface area (Å²) < 4.78 is 21.8. The molecule has 8 nitrogen and oxygen atoms in total. The number of ether oxygens (including phenoxy) is 4. The molecule has 2 aromatic rings. The largest absolute Gasteiger partial charge is 0.494 e. The van der Waals surface area contributed by atoms with E-state index in [0.717, 1.165) is 25.2 Å². The van der Waals surface area contributed by atoms with Crippen LogP contribution in [-0.4, -0.2) is 51.4 Å². The number of carbonyl (C=O) groups excluding carboxylic acids is 2. The minimum Gasteiger partial charge on any atom is -0.494 e. The molecule has 2 aromatic carbocycles. The van der Waals surface area contributed by atoms with E-state index in [1.54, 1.807) is 42.5 Å². The van der Waals surface area contributed by atoms with Gasteiger partial charge in [-0.25, -0.2) is 0 Å². The van der Waals surface area contributed by atoms with E-state index in [0.29, 0.717) is 35.9 Å². The minimum atomic E-state index is -0.315. The maximum Gasteiger partial charge on any atom is 0.262 e. The van der Waals surface area contributed by atoms with Gasteiger partial charge in [-0.3, -0.25) is 9.59 Å². The topological polar surface area (TPSA) is 95.1 Å². The van der Waals surface area contributed by atoms with Crippen molar-refractivity contribution in [3.63, 3.8) is 0 Å². The van der Waals surface area contributed by atoms with Gasteiger partial charge in [0, 0.05) is 24.4 Å². The van der Waals surface area contributed by atoms with Crippen LogP contribution in [0.25, 0.3) is 0 Å². The highest BCUT2D eigenvalue weighted by Crippen LogP contribution is 2.28. The molecule has 0 aromatic heterocycles. The molecule has 1 fully saturated rings. The second-order valence-electron chi connectivity index (χ2n) is 7.00. The van der Waals surface area contributed by atoms with Gasteiger partial charge in [-0.2, -0.15) is 0 Å². The van der Waals surface area contributed by atoms with E-state index in [1.807, 2.05) is 6.92 Å². The molecule has 3 rings (SSSR count). The van der Waals surface area contributed by atoms with Crippen LogP contribution in [0, 0.1) is 0 Å². The minimum absolute atomic E-state index is 0.0716. The van der Waals surface area contributed by atoms with Gasteiger partial charge in [0.2, 0.25) is 0 Å². The van der Waals surface area contributed by atoms with Gasteiger partial charge < -0.3 is 29.6 Å². The van der Waals surface area contributed by atoms with Gasteiger partial charge in [-0.05, 0) is 62.2 Å². The number of carbonyl (C=O) groups is 2. The van der Waals surface area contributed by atoms with Crippen LogP contribution in [0.4, 0.5) is 5.69 Å². The number of benzene rings is 2. The Hall–Kier alpha value is -3.26. The molecule has 1 aliphatic heterocycles. The van der Waals surface area contributed by atoms with Crippen molar-refractivity contribution in [1.82, 2.24) is 5.32 Å². The van der Waals surface area contributed by atoms with Crippen molar-refractivity contribution in [1.29, 1.82) is 0 Å². The van der Waals surface area contributed by atoms with Gasteiger partial charge >= 0.3 is 0 Å². The van der Waals surface area contributed by atoms with Gasteiger partial charge in [0.1, 0.15) is 5.75 Å². The number of hydrogen-bond donors (Lipinski definition) is 2. The molecule has 1 saturated heterocycles. The van der Waals surface area contributed by atoms with Crippen LogP contribution in [0.2, 0.25) is 0 Å². The molecule has 8 heteroatoms. The fourth-order valence-corrected chi connectivity index (χ4v) is 3.18. The normalized spacial score (nSPS) is 15.2. The van der Waals surface area contributed by atoms with E-state index in [4.69, 9.17) is 18.9 Å². The zero-order valence-corrected chi connectivity index (χ0v) is 17.8. The van der Waals surface area contributed by atoms with Crippen molar-refractivity contribution < 1.29 is 28.5 Å². The lowest BCUT2D eigenvalue weighted by Gasteiger charge is -2.14. The van der Waals surface area contributed by atoms with Gasteiger partial charge in [0.15, 0.2) is 18.1 Å². The predicted octanol–water partition coefficient (Wildman–Crippen LogP) is 3.02. The van der Waals surface area contributed by atoms with Crippen LogP contribution in [0.5, 0.6) is 17.2 Å². The lowest BCUT2D eigenvalue weighted by molar-refractivity contribution is -0.118. The molecule has 0 spiro atoms. The third-order valence-corrected chi connectivity index (χ3v) is 4.75. The second-order valence-corrected chi connectivity index (χ2v) is 7.00. The van der Waals surface area contributed by atoms with Crippen molar-refractivity contribution >= 4 is 17.5 Å². The zero-order chi connectivity index (χ0) is 22.1. The summed E-state index contributed by atoms with van der Waals surface area (Å²) >= 11 is 0. The summed E-state index contributed by atoms with van der Waals surface area (Å²) in [6.45, 7) is 3.51. The SMILES string of the molecule is CCOc1ccc(NC(=O)COc2ccc(C(=O)NC[C@H]3CCCO3)cc2OC)cc1. The summed E-state index contributed by atoms with van der Waals surface area (Å²) in [6.07, 6.45) is 2.05. The van der Waals surface area contributed by atoms with Crippen molar-refractivity contribution in [2.75, 3.05) is 38.8 Å². The van der Waals surface area contributed by atoms with Crippen molar-refractivity contribution in [3.05, 3.63) is 48.0 Å². The molecule has 0 saturated carbocycles. The Kier molecular flexibility index (Phi) is 8.12. The second kappa shape index (κ2) is 11.2. The third kappa shape index (κ3) is 6.62. The van der Waals surface area contributed by atoms with E-state index in [9.17, 15) is 9.59 Å². The van der Waals surface area contributed by atoms with Crippen LogP contribution in [0.3, 0.4) is 0 Å². The van der Waals surface area contributed by atoms with Crippen LogP contribution >= 0.6 is 0 Å². The monoisotopic (exact) mass is 428 g/mol. The summed E-state index contributed by atoms with van der Waals surface area (Å²) in [5, 5.41) is 5.62. The molecule has 0 unspecified atom stereocenters. The molecule has 166 valence electrons. The van der Waals surface area contributed by atoms with E-state index < -0.39 is 0 Å². The Morgan fingerprint density at radius 3 is 2.58 bits per heavy atom. The van der Waals surface area contributed by atoms with E-state index in [1.165, 1.54) is 7.11 Å². The van der Waals surface area contributed by atoms with E-state index in [-0.39, 0.29) is 24.5 Å². The summed E-state index contributed by atoms with van der Waals surface area (Å²) in [6, 6.07) is 11.9. The van der Waals surface area contributed by atoms with Crippen molar-refractivity contribution in [2.24, 2.45) is 0 Å². The fourth-order valence-electron chi connectivity index (χ4n) is 3.18. The first-order valence-corrected chi connectivity index (χ1v) is 10.3. The quantitative estimate of drug-likeness (QED) is 0.604. The molecule has 0 radical (unpaired) electrons. The Morgan fingerprint density at radius 2 is 1.90 bits per heavy atom. The zero-order valence-electron chi connectivity index (χ0n) is 17.8. The third-order valence-electron chi connectivity index (χ3n) is 4.75. The lowest BCUT2D eigenvalue weighted by Crippen LogP contribution is -2.31. The average Bonchev–Trinajstić information content (AvgIpc) is 3.31. The number of anilines is 1. The molecule has 0 bridgehead atoms. The van der Waals surface area contributed by atoms with Gasteiger partial charge in [-0.1, -0.05) is 0 Å². The fraction of sp³-hybridized carbons (Fsp3) is 0.391. The first kappa shape index (κ1) is 22.4. The number of rotatable bonds is 10. The van der Waals surface area contributed by atoms with Gasteiger partial charge in [0.05, 0.1) is 19.8 Å². The first-order chi connectivity index (χ1) is 15.1. The Balaban J connectivity index is 1.52. The number of nitrogens with one attached hydrogen (secondary N) is 2. The highest BCUT2D eigenvalue weighted by atomic mass is 16.5. The molecule has 1 heterocycles. The standard InChI is InChI=1S/C23H28N2O6/c1-3-29-18-9-7-17(8-10-18)25-22(26)15-31-20-11-6-16(13-21(20)28-2)23(27)24-14-19-5-4-12-30-19/h6-11,13,19H,3-5,12,14-15H2,1-2H3,(H,24,27)(H,25,26)/t19-/m1/s1. The Bertz CT molecular complexity index is 878. The first-order valence-electron chi connectivity index (χ1n) is 10.3. The van der Waals surface area contributed by atoms with Gasteiger partial charge in [0.25, 0.3) is 11.8 Å². The maximum atomic E-state index is 12.4. The highest BCUT2D eigenvalue weighted by Gasteiger charge is 2.18. The summed E-state index contributed by atoms with van der Waals surface area (Å²) in [5.74, 6) is 0.957. The highest BCUT2D eigenvalue weighted by molar-refractivity contribution is 5.95. The molecule has 2 N–H and O–H groups in total. The number of methoxy groups -OCH3 is 1. The molecular formula is C23H28N2O6. The lowest BCUT2D eigenvalue weighted by atomic mass is 10.1. The van der Waals surface area contributed by atoms with E-state index >= 15 is 0 Å². The van der Waals surface area contributed by atoms with Gasteiger partial charge in [-0.15, -0.1) is 0 Å². The number of amides is 2. The molecule has 2 amide bonds. The van der Waals surface area contributed by atoms with Crippen LogP contribution in [0.15, 0.2) is 42.5 Å². The van der Waals surface area contributed by atoms with Crippen molar-refractivity contribution in [3.8, 4) is 17.2 Å².